The van der Waals surface area contributed by atoms with Crippen molar-refractivity contribution in [3.8, 4) is 0 Å². The van der Waals surface area contributed by atoms with Crippen molar-refractivity contribution in [3.05, 3.63) is 41.5 Å². The molecule has 0 fully saturated rings. The molecule has 0 aromatic heterocycles. The minimum atomic E-state index is -4.19. The highest BCUT2D eigenvalue weighted by Gasteiger charge is 2.15. The van der Waals surface area contributed by atoms with Gasteiger partial charge in [-0.25, -0.2) is 0 Å². The molecule has 0 radical (unpaired) electrons. The number of fused-ring (bicyclic) bond motifs is 1. The molecule has 0 amide bonds. The summed E-state index contributed by atoms with van der Waals surface area (Å²) < 4.78 is 32.9. The molecule has 0 heterocycles. The molecular formula is C20H28O3S. The van der Waals surface area contributed by atoms with Gasteiger partial charge < -0.3 is 0 Å². The molecule has 0 saturated carbocycles. The number of hydrogen-bond donors (Lipinski definition) is 1. The highest BCUT2D eigenvalue weighted by molar-refractivity contribution is 7.85. The smallest absolute Gasteiger partial charge is 0.282 e. The van der Waals surface area contributed by atoms with Crippen molar-refractivity contribution < 1.29 is 13.0 Å². The van der Waals surface area contributed by atoms with E-state index >= 15 is 0 Å². The Kier molecular flexibility index (Phi) is 6.81. The van der Waals surface area contributed by atoms with E-state index in [0.717, 1.165) is 67.7 Å². The molecule has 0 aliphatic heterocycles. The Bertz CT molecular complexity index is 779. The van der Waals surface area contributed by atoms with Crippen LogP contribution in [0.4, 0.5) is 0 Å². The quantitative estimate of drug-likeness (QED) is 0.477. The van der Waals surface area contributed by atoms with Crippen LogP contribution in [0.5, 0.6) is 0 Å². The fourth-order valence-electron chi connectivity index (χ4n) is 3.20. The van der Waals surface area contributed by atoms with Gasteiger partial charge in [0.25, 0.3) is 10.1 Å². The van der Waals surface area contributed by atoms with Gasteiger partial charge in [-0.2, -0.15) is 8.42 Å². The van der Waals surface area contributed by atoms with E-state index in [9.17, 15) is 13.0 Å². The molecule has 0 saturated heterocycles. The van der Waals surface area contributed by atoms with Crippen LogP contribution in [0.2, 0.25) is 0 Å². The number of hydrogen-bond acceptors (Lipinski definition) is 2. The molecule has 0 aliphatic carbocycles. The number of aryl methyl sites for hydroxylation is 2. The summed E-state index contributed by atoms with van der Waals surface area (Å²) >= 11 is 0. The topological polar surface area (TPSA) is 54.4 Å². The first-order valence-electron chi connectivity index (χ1n) is 8.99. The van der Waals surface area contributed by atoms with Crippen molar-refractivity contribution >= 4 is 20.9 Å². The maximum Gasteiger partial charge on any atom is 0.294 e. The zero-order chi connectivity index (χ0) is 17.6. The van der Waals surface area contributed by atoms with E-state index in [2.05, 4.69) is 32.0 Å². The van der Waals surface area contributed by atoms with E-state index in [1.54, 1.807) is 12.1 Å². The summed E-state index contributed by atoms with van der Waals surface area (Å²) in [6.07, 6.45) is 8.46. The van der Waals surface area contributed by atoms with Gasteiger partial charge >= 0.3 is 0 Å². The molecule has 0 atom stereocenters. The van der Waals surface area contributed by atoms with Gasteiger partial charge in [-0.1, -0.05) is 57.7 Å². The van der Waals surface area contributed by atoms with Crippen LogP contribution in [0, 0.1) is 0 Å². The van der Waals surface area contributed by atoms with Gasteiger partial charge in [-0.3, -0.25) is 4.55 Å². The summed E-state index contributed by atoms with van der Waals surface area (Å²) in [4.78, 5) is 0.0180. The zero-order valence-corrected chi connectivity index (χ0v) is 15.5. The fourth-order valence-corrected chi connectivity index (χ4v) is 3.76. The summed E-state index contributed by atoms with van der Waals surface area (Å²) in [6, 6.07) is 9.47. The summed E-state index contributed by atoms with van der Waals surface area (Å²) in [5.74, 6) is 0. The Balaban J connectivity index is 2.51. The van der Waals surface area contributed by atoms with Crippen LogP contribution in [-0.2, 0) is 23.0 Å². The summed E-state index contributed by atoms with van der Waals surface area (Å²) in [6.45, 7) is 4.32. The van der Waals surface area contributed by atoms with Crippen LogP contribution in [0.1, 0.15) is 63.5 Å². The van der Waals surface area contributed by atoms with Crippen molar-refractivity contribution in [3.63, 3.8) is 0 Å². The van der Waals surface area contributed by atoms with E-state index in [1.165, 1.54) is 5.56 Å². The Labute approximate surface area is 145 Å². The molecule has 132 valence electrons. The van der Waals surface area contributed by atoms with E-state index in [0.29, 0.717) is 0 Å². The predicted octanol–water partition coefficient (Wildman–Crippen LogP) is 5.55. The second-order valence-electron chi connectivity index (χ2n) is 6.48. The van der Waals surface area contributed by atoms with Crippen molar-refractivity contribution in [2.45, 2.75) is 70.1 Å². The SMILES string of the molecule is CCCCCc1cc(S(=O)(=O)O)cc2c(CCCCC)cccc12. The lowest BCUT2D eigenvalue weighted by Gasteiger charge is -2.13. The van der Waals surface area contributed by atoms with E-state index in [-0.39, 0.29) is 4.90 Å². The minimum Gasteiger partial charge on any atom is -0.282 e. The first kappa shape index (κ1) is 18.9. The lowest BCUT2D eigenvalue weighted by Crippen LogP contribution is -2.01. The third-order valence-corrected chi connectivity index (χ3v) is 5.37. The maximum atomic E-state index is 11.7. The molecule has 24 heavy (non-hydrogen) atoms. The third kappa shape index (κ3) is 4.81. The molecule has 0 bridgehead atoms. The largest absolute Gasteiger partial charge is 0.294 e. The second-order valence-corrected chi connectivity index (χ2v) is 7.91. The number of rotatable bonds is 9. The second kappa shape index (κ2) is 8.63. The lowest BCUT2D eigenvalue weighted by molar-refractivity contribution is 0.483. The molecule has 2 aromatic rings. The van der Waals surface area contributed by atoms with Gasteiger partial charge in [0.2, 0.25) is 0 Å². The molecule has 0 aliphatic rings. The Morgan fingerprint density at radius 1 is 0.833 bits per heavy atom. The standard InChI is InChI=1S/C20H28O3S/c1-3-5-7-10-16-12-9-13-19-17(11-8-6-4-2)14-18(15-20(16)19)24(21,22)23/h9,12-15H,3-8,10-11H2,1-2H3,(H,21,22,23). The fraction of sp³-hybridized carbons (Fsp3) is 0.500. The van der Waals surface area contributed by atoms with Gasteiger partial charge in [-0.15, -0.1) is 0 Å². The van der Waals surface area contributed by atoms with Gasteiger partial charge in [0, 0.05) is 0 Å². The Hall–Kier alpha value is -1.39. The van der Waals surface area contributed by atoms with Crippen LogP contribution in [0.15, 0.2) is 35.2 Å². The molecule has 3 nitrogen and oxygen atoms in total. The van der Waals surface area contributed by atoms with Crippen LogP contribution < -0.4 is 0 Å². The molecule has 4 heteroatoms. The van der Waals surface area contributed by atoms with Gasteiger partial charge in [-0.05, 0) is 59.7 Å². The zero-order valence-electron chi connectivity index (χ0n) is 14.7. The number of benzene rings is 2. The van der Waals surface area contributed by atoms with Gasteiger partial charge in [0.1, 0.15) is 0 Å². The maximum absolute atomic E-state index is 11.7. The molecule has 0 unspecified atom stereocenters. The molecule has 0 spiro atoms. The normalized spacial score (nSPS) is 12.0. The minimum absolute atomic E-state index is 0.0180. The van der Waals surface area contributed by atoms with Crippen LogP contribution in [0.25, 0.3) is 10.8 Å². The van der Waals surface area contributed by atoms with Gasteiger partial charge in [0.05, 0.1) is 4.90 Å². The highest BCUT2D eigenvalue weighted by Crippen LogP contribution is 2.29. The monoisotopic (exact) mass is 348 g/mol. The average Bonchev–Trinajstić information content (AvgIpc) is 2.54. The van der Waals surface area contributed by atoms with E-state index in [1.807, 2.05) is 0 Å². The highest BCUT2D eigenvalue weighted by atomic mass is 32.2. The van der Waals surface area contributed by atoms with E-state index < -0.39 is 10.1 Å². The molecule has 2 aromatic carbocycles. The van der Waals surface area contributed by atoms with Crippen LogP contribution in [0.3, 0.4) is 0 Å². The number of unbranched alkanes of at least 4 members (excludes halogenated alkanes) is 4. The predicted molar refractivity (Wildman–Crippen MR) is 100 cm³/mol. The lowest BCUT2D eigenvalue weighted by atomic mass is 9.94. The van der Waals surface area contributed by atoms with Crippen LogP contribution >= 0.6 is 0 Å². The molecule has 2 rings (SSSR count). The van der Waals surface area contributed by atoms with Crippen molar-refractivity contribution in [2.75, 3.05) is 0 Å². The summed E-state index contributed by atoms with van der Waals surface area (Å²) in [5.41, 5.74) is 2.19. The summed E-state index contributed by atoms with van der Waals surface area (Å²) in [5, 5.41) is 2.09. The van der Waals surface area contributed by atoms with E-state index in [4.69, 9.17) is 0 Å². The first-order valence-corrected chi connectivity index (χ1v) is 10.4. The van der Waals surface area contributed by atoms with Crippen molar-refractivity contribution in [1.82, 2.24) is 0 Å². The molecule has 1 N–H and O–H groups in total. The molecular weight excluding hydrogens is 320 g/mol. The van der Waals surface area contributed by atoms with Crippen molar-refractivity contribution in [1.29, 1.82) is 0 Å². The average molecular weight is 349 g/mol. The first-order chi connectivity index (χ1) is 11.5. The van der Waals surface area contributed by atoms with Crippen molar-refractivity contribution in [2.24, 2.45) is 0 Å². The summed E-state index contributed by atoms with van der Waals surface area (Å²) in [7, 11) is -4.19. The third-order valence-electron chi connectivity index (χ3n) is 4.54. The Morgan fingerprint density at radius 2 is 1.46 bits per heavy atom. The van der Waals surface area contributed by atoms with Crippen LogP contribution in [-0.4, -0.2) is 13.0 Å². The Morgan fingerprint density at radius 3 is 2.04 bits per heavy atom. The van der Waals surface area contributed by atoms with Gasteiger partial charge in [0.15, 0.2) is 0 Å².